The van der Waals surface area contributed by atoms with Crippen molar-refractivity contribution in [2.45, 2.75) is 45.8 Å². The van der Waals surface area contributed by atoms with Gasteiger partial charge in [0.05, 0.1) is 22.8 Å². The van der Waals surface area contributed by atoms with Gasteiger partial charge in [-0.3, -0.25) is 9.59 Å². The van der Waals surface area contributed by atoms with Crippen LogP contribution >= 0.6 is 34.4 Å². The highest BCUT2D eigenvalue weighted by Crippen LogP contribution is 2.34. The molecule has 3 heterocycles. The monoisotopic (exact) mass is 507 g/mol. The molecule has 0 bridgehead atoms. The number of thiophene rings is 2. The molecule has 3 rings (SSSR count). The van der Waals surface area contributed by atoms with Crippen molar-refractivity contribution in [2.24, 2.45) is 5.73 Å². The molecular formula is C21H25N5O4S3. The van der Waals surface area contributed by atoms with Crippen LogP contribution in [0.15, 0.2) is 16.6 Å². The number of hydrogen-bond acceptors (Lipinski definition) is 9. The van der Waals surface area contributed by atoms with Gasteiger partial charge in [0.1, 0.15) is 5.00 Å². The zero-order valence-electron chi connectivity index (χ0n) is 18.8. The predicted octanol–water partition coefficient (Wildman–Crippen LogP) is 3.97. The van der Waals surface area contributed by atoms with E-state index in [0.717, 1.165) is 29.1 Å². The minimum absolute atomic E-state index is 0.0487. The van der Waals surface area contributed by atoms with Crippen LogP contribution in [0.4, 0.5) is 5.00 Å². The SMILES string of the molecule is CCOC(=O)c1c(NC(=O)CSc2nnc(-c3csc(CC)c3)n2CC)sc(C(N)=O)c1C. The van der Waals surface area contributed by atoms with E-state index in [1.165, 1.54) is 16.6 Å². The Hall–Kier alpha value is -2.70. The third-order valence-electron chi connectivity index (χ3n) is 4.73. The first-order valence-electron chi connectivity index (χ1n) is 10.3. The second-order valence-electron chi connectivity index (χ2n) is 6.89. The van der Waals surface area contributed by atoms with Crippen LogP contribution in [0.25, 0.3) is 11.4 Å². The average Bonchev–Trinajstić information content (AvgIpc) is 3.48. The molecular weight excluding hydrogens is 482 g/mol. The minimum Gasteiger partial charge on any atom is -0.462 e. The lowest BCUT2D eigenvalue weighted by atomic mass is 10.1. The summed E-state index contributed by atoms with van der Waals surface area (Å²) in [6, 6.07) is 2.11. The van der Waals surface area contributed by atoms with E-state index < -0.39 is 11.9 Å². The van der Waals surface area contributed by atoms with Crippen molar-refractivity contribution in [3.63, 3.8) is 0 Å². The Morgan fingerprint density at radius 1 is 1.24 bits per heavy atom. The Morgan fingerprint density at radius 3 is 2.61 bits per heavy atom. The second-order valence-corrected chi connectivity index (χ2v) is 9.85. The van der Waals surface area contributed by atoms with Gasteiger partial charge >= 0.3 is 5.97 Å². The maximum absolute atomic E-state index is 12.7. The number of aromatic nitrogens is 3. The number of rotatable bonds is 10. The summed E-state index contributed by atoms with van der Waals surface area (Å²) >= 11 is 3.89. The number of primary amides is 1. The largest absolute Gasteiger partial charge is 0.462 e. The summed E-state index contributed by atoms with van der Waals surface area (Å²) in [5.74, 6) is -0.812. The molecule has 33 heavy (non-hydrogen) atoms. The number of aryl methyl sites for hydroxylation is 1. The molecule has 0 aliphatic heterocycles. The summed E-state index contributed by atoms with van der Waals surface area (Å²) in [7, 11) is 0. The maximum atomic E-state index is 12.7. The third-order valence-corrected chi connectivity index (χ3v) is 8.00. The highest BCUT2D eigenvalue weighted by atomic mass is 32.2. The van der Waals surface area contributed by atoms with Crippen molar-refractivity contribution in [1.29, 1.82) is 0 Å². The summed E-state index contributed by atoms with van der Waals surface area (Å²) in [5.41, 5.74) is 6.97. The van der Waals surface area contributed by atoms with Crippen molar-refractivity contribution >= 4 is 57.2 Å². The minimum atomic E-state index is -0.666. The van der Waals surface area contributed by atoms with Crippen molar-refractivity contribution in [1.82, 2.24) is 14.8 Å². The fourth-order valence-electron chi connectivity index (χ4n) is 3.16. The summed E-state index contributed by atoms with van der Waals surface area (Å²) < 4.78 is 7.04. The average molecular weight is 508 g/mol. The standard InChI is InChI=1S/C21H25N5O4S3/c1-5-13-8-12(9-31-13)18-24-25-21(26(18)6-2)32-10-14(27)23-19-15(20(29)30-7-3)11(4)16(33-19)17(22)28/h8-9H,5-7,10H2,1-4H3,(H2,22,28)(H,23,27). The number of thioether (sulfide) groups is 1. The van der Waals surface area contributed by atoms with Gasteiger partial charge in [0.2, 0.25) is 5.91 Å². The number of nitrogens with two attached hydrogens (primary N) is 1. The maximum Gasteiger partial charge on any atom is 0.341 e. The predicted molar refractivity (Wildman–Crippen MR) is 131 cm³/mol. The quantitative estimate of drug-likeness (QED) is 0.314. The van der Waals surface area contributed by atoms with Gasteiger partial charge in [-0.1, -0.05) is 18.7 Å². The van der Waals surface area contributed by atoms with Crippen LogP contribution in [0.5, 0.6) is 0 Å². The Bertz CT molecular complexity index is 1180. The number of amides is 2. The van der Waals surface area contributed by atoms with Gasteiger partial charge in [-0.2, -0.15) is 0 Å². The Balaban J connectivity index is 1.75. The lowest BCUT2D eigenvalue weighted by Crippen LogP contribution is -2.17. The molecule has 0 aliphatic rings. The molecule has 12 heteroatoms. The highest BCUT2D eigenvalue weighted by molar-refractivity contribution is 7.99. The molecule has 0 saturated heterocycles. The zero-order chi connectivity index (χ0) is 24.1. The van der Waals surface area contributed by atoms with Crippen molar-refractivity contribution < 1.29 is 19.1 Å². The van der Waals surface area contributed by atoms with Crippen LogP contribution < -0.4 is 11.1 Å². The first-order chi connectivity index (χ1) is 15.8. The lowest BCUT2D eigenvalue weighted by Gasteiger charge is -2.08. The number of anilines is 1. The van der Waals surface area contributed by atoms with E-state index in [4.69, 9.17) is 10.5 Å². The van der Waals surface area contributed by atoms with Gasteiger partial charge in [0.25, 0.3) is 5.91 Å². The topological polar surface area (TPSA) is 129 Å². The molecule has 9 nitrogen and oxygen atoms in total. The Morgan fingerprint density at radius 2 is 2.00 bits per heavy atom. The number of carbonyl (C=O) groups is 3. The van der Waals surface area contributed by atoms with Gasteiger partial charge in [-0.25, -0.2) is 4.79 Å². The van der Waals surface area contributed by atoms with E-state index in [2.05, 4.69) is 33.9 Å². The molecule has 0 spiro atoms. The van der Waals surface area contributed by atoms with Crippen LogP contribution in [0.3, 0.4) is 0 Å². The number of nitrogens with one attached hydrogen (secondary N) is 1. The van der Waals surface area contributed by atoms with E-state index in [1.54, 1.807) is 25.2 Å². The van der Waals surface area contributed by atoms with Crippen LogP contribution in [-0.4, -0.2) is 44.9 Å². The third kappa shape index (κ3) is 5.45. The molecule has 176 valence electrons. The van der Waals surface area contributed by atoms with E-state index in [0.29, 0.717) is 17.3 Å². The summed E-state index contributed by atoms with van der Waals surface area (Å²) in [5, 5.41) is 14.2. The first kappa shape index (κ1) is 24.9. The van der Waals surface area contributed by atoms with Gasteiger partial charge in [-0.15, -0.1) is 32.9 Å². The fourth-order valence-corrected chi connectivity index (χ4v) is 5.83. The van der Waals surface area contributed by atoms with E-state index in [-0.39, 0.29) is 33.7 Å². The van der Waals surface area contributed by atoms with Crippen molar-refractivity contribution in [3.05, 3.63) is 32.3 Å². The van der Waals surface area contributed by atoms with E-state index in [1.807, 2.05) is 11.5 Å². The molecule has 3 N–H and O–H groups in total. The molecule has 0 radical (unpaired) electrons. The number of ether oxygens (including phenoxy) is 1. The molecule has 0 atom stereocenters. The number of hydrogen-bond donors (Lipinski definition) is 2. The normalized spacial score (nSPS) is 10.9. The van der Waals surface area contributed by atoms with Crippen LogP contribution in [0, 0.1) is 6.92 Å². The van der Waals surface area contributed by atoms with Crippen molar-refractivity contribution in [2.75, 3.05) is 17.7 Å². The zero-order valence-corrected chi connectivity index (χ0v) is 21.2. The first-order valence-corrected chi connectivity index (χ1v) is 13.0. The molecule has 3 aromatic rings. The molecule has 0 fully saturated rings. The summed E-state index contributed by atoms with van der Waals surface area (Å²) in [6.45, 7) is 8.21. The van der Waals surface area contributed by atoms with Crippen LogP contribution in [0.1, 0.15) is 51.2 Å². The summed E-state index contributed by atoms with van der Waals surface area (Å²) in [6.07, 6.45) is 0.958. The molecule has 0 unspecified atom stereocenters. The van der Waals surface area contributed by atoms with E-state index >= 15 is 0 Å². The van der Waals surface area contributed by atoms with Crippen molar-refractivity contribution in [3.8, 4) is 11.4 Å². The Kier molecular flexibility index (Phi) is 8.27. The fraction of sp³-hybridized carbons (Fsp3) is 0.381. The van der Waals surface area contributed by atoms with Gasteiger partial charge in [0, 0.05) is 22.4 Å². The molecule has 0 aromatic carbocycles. The molecule has 0 aliphatic carbocycles. The molecule has 2 amide bonds. The number of carbonyl (C=O) groups excluding carboxylic acids is 3. The van der Waals surface area contributed by atoms with Crippen LogP contribution in [0.2, 0.25) is 0 Å². The molecule has 3 aromatic heterocycles. The smallest absolute Gasteiger partial charge is 0.341 e. The van der Waals surface area contributed by atoms with Gasteiger partial charge in [0.15, 0.2) is 11.0 Å². The summed E-state index contributed by atoms with van der Waals surface area (Å²) in [4.78, 5) is 38.3. The van der Waals surface area contributed by atoms with E-state index in [9.17, 15) is 14.4 Å². The molecule has 0 saturated carbocycles. The lowest BCUT2D eigenvalue weighted by molar-refractivity contribution is -0.113. The van der Waals surface area contributed by atoms with Gasteiger partial charge < -0.3 is 20.4 Å². The Labute approximate surface area is 203 Å². The number of nitrogens with zero attached hydrogens (tertiary/aromatic N) is 3. The highest BCUT2D eigenvalue weighted by Gasteiger charge is 2.26. The van der Waals surface area contributed by atoms with Gasteiger partial charge in [-0.05, 0) is 38.8 Å². The second kappa shape index (κ2) is 10.9. The number of esters is 1. The van der Waals surface area contributed by atoms with Crippen LogP contribution in [-0.2, 0) is 22.5 Å².